The second kappa shape index (κ2) is 4.53. The second-order valence-corrected chi connectivity index (χ2v) is 5.42. The SMILES string of the molecule is Cc1cc(C)c(-c2sc(C(=O)O)cc2C)c(F)c1. The summed E-state index contributed by atoms with van der Waals surface area (Å²) in [6.07, 6.45) is 0. The number of hydrogen-bond donors (Lipinski definition) is 1. The summed E-state index contributed by atoms with van der Waals surface area (Å²) in [5.74, 6) is -1.27. The molecule has 4 heteroatoms. The quantitative estimate of drug-likeness (QED) is 0.883. The van der Waals surface area contributed by atoms with Crippen molar-refractivity contribution in [2.24, 2.45) is 0 Å². The van der Waals surface area contributed by atoms with Gasteiger partial charge in [0.25, 0.3) is 0 Å². The maximum atomic E-state index is 14.0. The molecule has 94 valence electrons. The topological polar surface area (TPSA) is 37.3 Å². The standard InChI is InChI=1S/C14H13FO2S/c1-7-4-8(2)12(10(15)5-7)13-9(3)6-11(18-13)14(16)17/h4-6H,1-3H3,(H,16,17). The van der Waals surface area contributed by atoms with Gasteiger partial charge in [0, 0.05) is 10.4 Å². The van der Waals surface area contributed by atoms with Crippen molar-refractivity contribution in [2.45, 2.75) is 20.8 Å². The van der Waals surface area contributed by atoms with E-state index < -0.39 is 5.97 Å². The van der Waals surface area contributed by atoms with E-state index in [4.69, 9.17) is 5.11 Å². The van der Waals surface area contributed by atoms with Crippen LogP contribution in [0.4, 0.5) is 4.39 Å². The fraction of sp³-hybridized carbons (Fsp3) is 0.214. The molecule has 0 aliphatic rings. The minimum atomic E-state index is -0.973. The number of aromatic carboxylic acids is 1. The molecule has 0 spiro atoms. The number of benzene rings is 1. The molecule has 2 nitrogen and oxygen atoms in total. The monoisotopic (exact) mass is 264 g/mol. The van der Waals surface area contributed by atoms with E-state index in [1.54, 1.807) is 13.0 Å². The third-order valence-corrected chi connectivity index (χ3v) is 4.03. The van der Waals surface area contributed by atoms with Crippen LogP contribution in [0.25, 0.3) is 10.4 Å². The lowest BCUT2D eigenvalue weighted by Gasteiger charge is -2.08. The van der Waals surface area contributed by atoms with Crippen molar-refractivity contribution >= 4 is 17.3 Å². The van der Waals surface area contributed by atoms with Crippen LogP contribution in [0.15, 0.2) is 18.2 Å². The lowest BCUT2D eigenvalue weighted by Crippen LogP contribution is -1.90. The van der Waals surface area contributed by atoms with Crippen molar-refractivity contribution in [1.82, 2.24) is 0 Å². The third kappa shape index (κ3) is 2.16. The van der Waals surface area contributed by atoms with E-state index in [1.807, 2.05) is 19.9 Å². The number of aryl methyl sites for hydroxylation is 3. The fourth-order valence-corrected chi connectivity index (χ4v) is 3.16. The molecule has 0 amide bonds. The zero-order valence-corrected chi connectivity index (χ0v) is 11.2. The van der Waals surface area contributed by atoms with Gasteiger partial charge in [-0.05, 0) is 49.6 Å². The van der Waals surface area contributed by atoms with Gasteiger partial charge in [0.15, 0.2) is 0 Å². The first-order chi connectivity index (χ1) is 8.40. The minimum absolute atomic E-state index is 0.238. The molecule has 1 aromatic carbocycles. The van der Waals surface area contributed by atoms with E-state index in [1.165, 1.54) is 6.07 Å². The Morgan fingerprint density at radius 2 is 1.83 bits per heavy atom. The molecule has 0 radical (unpaired) electrons. The van der Waals surface area contributed by atoms with E-state index in [2.05, 4.69) is 0 Å². The second-order valence-electron chi connectivity index (χ2n) is 4.37. The molecule has 0 saturated carbocycles. The van der Waals surface area contributed by atoms with Gasteiger partial charge < -0.3 is 5.11 Å². The molecular weight excluding hydrogens is 251 g/mol. The van der Waals surface area contributed by atoms with Crippen LogP contribution in [0.2, 0.25) is 0 Å². The Hall–Kier alpha value is -1.68. The minimum Gasteiger partial charge on any atom is -0.477 e. The lowest BCUT2D eigenvalue weighted by atomic mass is 10.0. The van der Waals surface area contributed by atoms with Gasteiger partial charge in [0.2, 0.25) is 0 Å². The zero-order valence-electron chi connectivity index (χ0n) is 10.4. The van der Waals surface area contributed by atoms with E-state index in [9.17, 15) is 9.18 Å². The fourth-order valence-electron chi connectivity index (χ4n) is 2.04. The van der Waals surface area contributed by atoms with Crippen LogP contribution >= 0.6 is 11.3 Å². The zero-order chi connectivity index (χ0) is 13.4. The van der Waals surface area contributed by atoms with Crippen molar-refractivity contribution in [3.05, 3.63) is 45.6 Å². The summed E-state index contributed by atoms with van der Waals surface area (Å²) in [5, 5.41) is 8.97. The Morgan fingerprint density at radius 3 is 2.33 bits per heavy atom. The normalized spacial score (nSPS) is 10.7. The molecule has 2 aromatic rings. The first kappa shape index (κ1) is 12.8. The molecule has 0 fully saturated rings. The lowest BCUT2D eigenvalue weighted by molar-refractivity contribution is 0.0702. The molecular formula is C14H13FO2S. The van der Waals surface area contributed by atoms with Crippen molar-refractivity contribution in [3.8, 4) is 10.4 Å². The highest BCUT2D eigenvalue weighted by atomic mass is 32.1. The van der Waals surface area contributed by atoms with Crippen molar-refractivity contribution < 1.29 is 14.3 Å². The third-order valence-electron chi connectivity index (χ3n) is 2.79. The number of rotatable bonds is 2. The van der Waals surface area contributed by atoms with Crippen LogP contribution in [0.5, 0.6) is 0 Å². The molecule has 0 atom stereocenters. The van der Waals surface area contributed by atoms with Crippen LogP contribution < -0.4 is 0 Å². The van der Waals surface area contributed by atoms with Gasteiger partial charge in [-0.2, -0.15) is 0 Å². The number of hydrogen-bond acceptors (Lipinski definition) is 2. The van der Waals surface area contributed by atoms with Gasteiger partial charge in [-0.1, -0.05) is 6.07 Å². The van der Waals surface area contributed by atoms with Gasteiger partial charge in [0.1, 0.15) is 10.7 Å². The molecule has 0 saturated heterocycles. The highest BCUT2D eigenvalue weighted by Gasteiger charge is 2.17. The smallest absolute Gasteiger partial charge is 0.345 e. The number of carboxylic acids is 1. The maximum absolute atomic E-state index is 14.0. The molecule has 2 rings (SSSR count). The summed E-state index contributed by atoms with van der Waals surface area (Å²) in [4.78, 5) is 11.9. The summed E-state index contributed by atoms with van der Waals surface area (Å²) in [6.45, 7) is 5.48. The predicted molar refractivity (Wildman–Crippen MR) is 70.9 cm³/mol. The Morgan fingerprint density at radius 1 is 1.17 bits per heavy atom. The van der Waals surface area contributed by atoms with E-state index in [0.717, 1.165) is 28.0 Å². The number of halogens is 1. The molecule has 18 heavy (non-hydrogen) atoms. The maximum Gasteiger partial charge on any atom is 0.345 e. The molecule has 0 aliphatic heterocycles. The molecule has 1 heterocycles. The molecule has 1 N–H and O–H groups in total. The van der Waals surface area contributed by atoms with Gasteiger partial charge in [-0.25, -0.2) is 9.18 Å². The molecule has 1 aromatic heterocycles. The number of carbonyl (C=O) groups is 1. The average molecular weight is 264 g/mol. The van der Waals surface area contributed by atoms with Crippen molar-refractivity contribution in [2.75, 3.05) is 0 Å². The summed E-state index contributed by atoms with van der Waals surface area (Å²) < 4.78 is 14.0. The average Bonchev–Trinajstić information content (AvgIpc) is 2.59. The number of carboxylic acid groups (broad SMARTS) is 1. The van der Waals surface area contributed by atoms with E-state index >= 15 is 0 Å². The highest BCUT2D eigenvalue weighted by molar-refractivity contribution is 7.17. The van der Waals surface area contributed by atoms with Crippen LogP contribution in [-0.2, 0) is 0 Å². The van der Waals surface area contributed by atoms with Gasteiger partial charge in [0.05, 0.1) is 0 Å². The van der Waals surface area contributed by atoms with Gasteiger partial charge >= 0.3 is 5.97 Å². The Bertz CT molecular complexity index is 606. The highest BCUT2D eigenvalue weighted by Crippen LogP contribution is 2.36. The van der Waals surface area contributed by atoms with Crippen molar-refractivity contribution in [1.29, 1.82) is 0 Å². The van der Waals surface area contributed by atoms with Crippen LogP contribution in [-0.4, -0.2) is 11.1 Å². The summed E-state index contributed by atoms with van der Waals surface area (Å²) in [7, 11) is 0. The predicted octanol–water partition coefficient (Wildman–Crippen LogP) is 4.18. The largest absolute Gasteiger partial charge is 0.477 e. The van der Waals surface area contributed by atoms with Crippen LogP contribution in [0, 0.1) is 26.6 Å². The summed E-state index contributed by atoms with van der Waals surface area (Å²) in [5.41, 5.74) is 3.00. The molecule has 0 aliphatic carbocycles. The first-order valence-corrected chi connectivity index (χ1v) is 6.32. The summed E-state index contributed by atoms with van der Waals surface area (Å²) >= 11 is 1.12. The molecule has 0 bridgehead atoms. The Kier molecular flexibility index (Phi) is 3.22. The Balaban J connectivity index is 2.66. The number of thiophene rings is 1. The van der Waals surface area contributed by atoms with Gasteiger partial charge in [-0.3, -0.25) is 0 Å². The Labute approximate surface area is 109 Å². The van der Waals surface area contributed by atoms with E-state index in [-0.39, 0.29) is 10.7 Å². The van der Waals surface area contributed by atoms with Crippen molar-refractivity contribution in [3.63, 3.8) is 0 Å². The summed E-state index contributed by atoms with van der Waals surface area (Å²) in [6, 6.07) is 4.96. The van der Waals surface area contributed by atoms with Crippen LogP contribution in [0.1, 0.15) is 26.4 Å². The molecule has 0 unspecified atom stereocenters. The van der Waals surface area contributed by atoms with Gasteiger partial charge in [-0.15, -0.1) is 11.3 Å². The van der Waals surface area contributed by atoms with E-state index in [0.29, 0.717) is 10.4 Å². The van der Waals surface area contributed by atoms with Crippen LogP contribution in [0.3, 0.4) is 0 Å². The first-order valence-electron chi connectivity index (χ1n) is 5.51.